The third-order valence-electron chi connectivity index (χ3n) is 3.50. The number of hydrogen-bond acceptors (Lipinski definition) is 4. The minimum absolute atomic E-state index is 0.497. The van der Waals surface area contributed by atoms with E-state index in [4.69, 9.17) is 5.26 Å². The van der Waals surface area contributed by atoms with Gasteiger partial charge in [0.05, 0.1) is 30.1 Å². The van der Waals surface area contributed by atoms with Crippen molar-refractivity contribution in [2.45, 2.75) is 0 Å². The highest BCUT2D eigenvalue weighted by atomic mass is 15.3. The lowest BCUT2D eigenvalue weighted by molar-refractivity contribution is 0.769. The normalized spacial score (nSPS) is 10.9. The van der Waals surface area contributed by atoms with Gasteiger partial charge in [-0.05, 0) is 18.2 Å². The zero-order chi connectivity index (χ0) is 15.1. The number of aryl methyl sites for hydroxylation is 1. The van der Waals surface area contributed by atoms with Gasteiger partial charge < -0.3 is 0 Å². The SMILES string of the molecule is Cn1ccc(-c2cncn2-c2ccc3ncc(C#N)n3c2)n1. The van der Waals surface area contributed by atoms with E-state index in [1.807, 2.05) is 42.2 Å². The second-order valence-electron chi connectivity index (χ2n) is 4.89. The van der Waals surface area contributed by atoms with E-state index in [9.17, 15) is 0 Å². The van der Waals surface area contributed by atoms with Crippen LogP contribution in [0.3, 0.4) is 0 Å². The summed E-state index contributed by atoms with van der Waals surface area (Å²) < 4.78 is 5.44. The van der Waals surface area contributed by atoms with Crippen molar-refractivity contribution < 1.29 is 0 Å². The number of rotatable bonds is 2. The molecule has 106 valence electrons. The van der Waals surface area contributed by atoms with Gasteiger partial charge in [0.1, 0.15) is 23.1 Å². The minimum Gasteiger partial charge on any atom is -0.296 e. The van der Waals surface area contributed by atoms with E-state index in [0.29, 0.717) is 5.69 Å². The zero-order valence-corrected chi connectivity index (χ0v) is 11.7. The number of nitrogens with zero attached hydrogens (tertiary/aromatic N) is 7. The van der Waals surface area contributed by atoms with E-state index < -0.39 is 0 Å². The summed E-state index contributed by atoms with van der Waals surface area (Å²) in [5.74, 6) is 0. The van der Waals surface area contributed by atoms with E-state index in [1.54, 1.807) is 27.8 Å². The van der Waals surface area contributed by atoms with Crippen molar-refractivity contribution in [2.24, 2.45) is 7.05 Å². The molecule has 7 heteroatoms. The highest BCUT2D eigenvalue weighted by Gasteiger charge is 2.11. The van der Waals surface area contributed by atoms with Crippen LogP contribution in [0, 0.1) is 11.3 Å². The number of nitriles is 1. The molecule has 4 rings (SSSR count). The fraction of sp³-hybridized carbons (Fsp3) is 0.0667. The fourth-order valence-corrected chi connectivity index (χ4v) is 2.44. The molecule has 0 aliphatic rings. The third kappa shape index (κ3) is 1.78. The van der Waals surface area contributed by atoms with E-state index in [2.05, 4.69) is 21.1 Å². The summed E-state index contributed by atoms with van der Waals surface area (Å²) in [5, 5.41) is 13.5. The van der Waals surface area contributed by atoms with Crippen LogP contribution >= 0.6 is 0 Å². The zero-order valence-electron chi connectivity index (χ0n) is 11.7. The average Bonchev–Trinajstić information content (AvgIpc) is 3.24. The van der Waals surface area contributed by atoms with Gasteiger partial charge in [0.25, 0.3) is 0 Å². The molecule has 0 bridgehead atoms. The molecule has 0 N–H and O–H groups in total. The maximum atomic E-state index is 9.14. The van der Waals surface area contributed by atoms with Crippen LogP contribution in [0.2, 0.25) is 0 Å². The summed E-state index contributed by atoms with van der Waals surface area (Å²) in [4.78, 5) is 8.41. The van der Waals surface area contributed by atoms with Crippen LogP contribution in [0.1, 0.15) is 5.69 Å². The van der Waals surface area contributed by atoms with Crippen molar-refractivity contribution in [3.8, 4) is 23.1 Å². The summed E-state index contributed by atoms with van der Waals surface area (Å²) in [6.07, 6.45) is 8.82. The molecule has 0 unspecified atom stereocenters. The molecule has 0 fully saturated rings. The van der Waals surface area contributed by atoms with Gasteiger partial charge in [0.2, 0.25) is 0 Å². The Balaban J connectivity index is 1.89. The summed E-state index contributed by atoms with van der Waals surface area (Å²) in [6.45, 7) is 0. The Morgan fingerprint density at radius 3 is 2.86 bits per heavy atom. The molecule has 0 radical (unpaired) electrons. The minimum atomic E-state index is 0.497. The van der Waals surface area contributed by atoms with E-state index in [-0.39, 0.29) is 0 Å². The predicted molar refractivity (Wildman–Crippen MR) is 79.2 cm³/mol. The van der Waals surface area contributed by atoms with Gasteiger partial charge in [-0.3, -0.25) is 13.6 Å². The average molecular weight is 289 g/mol. The van der Waals surface area contributed by atoms with Crippen molar-refractivity contribution in [3.05, 3.63) is 55.0 Å². The molecule has 0 atom stereocenters. The largest absolute Gasteiger partial charge is 0.296 e. The summed E-state index contributed by atoms with van der Waals surface area (Å²) in [6, 6.07) is 7.88. The second kappa shape index (κ2) is 4.56. The van der Waals surface area contributed by atoms with Crippen LogP contribution in [0.25, 0.3) is 22.7 Å². The molecule has 4 aromatic heterocycles. The molecular weight excluding hydrogens is 278 g/mol. The van der Waals surface area contributed by atoms with Gasteiger partial charge in [0, 0.05) is 19.4 Å². The van der Waals surface area contributed by atoms with Gasteiger partial charge in [-0.15, -0.1) is 0 Å². The molecule has 0 saturated carbocycles. The Bertz CT molecular complexity index is 1010. The lowest BCUT2D eigenvalue weighted by Gasteiger charge is -2.07. The first kappa shape index (κ1) is 12.3. The van der Waals surface area contributed by atoms with Crippen LogP contribution in [-0.4, -0.2) is 28.7 Å². The number of pyridine rings is 1. The molecule has 4 aromatic rings. The molecule has 0 aliphatic heterocycles. The Morgan fingerprint density at radius 2 is 2.09 bits per heavy atom. The molecule has 0 aromatic carbocycles. The summed E-state index contributed by atoms with van der Waals surface area (Å²) >= 11 is 0. The Morgan fingerprint density at radius 1 is 1.18 bits per heavy atom. The third-order valence-corrected chi connectivity index (χ3v) is 3.50. The van der Waals surface area contributed by atoms with Crippen molar-refractivity contribution in [2.75, 3.05) is 0 Å². The Kier molecular flexibility index (Phi) is 2.56. The maximum Gasteiger partial charge on any atom is 0.144 e. The highest BCUT2D eigenvalue weighted by Crippen LogP contribution is 2.21. The van der Waals surface area contributed by atoms with E-state index >= 15 is 0 Å². The van der Waals surface area contributed by atoms with Crippen molar-refractivity contribution in [1.82, 2.24) is 28.7 Å². The Labute approximate surface area is 125 Å². The number of imidazole rings is 2. The van der Waals surface area contributed by atoms with Crippen LogP contribution in [0.15, 0.2) is 49.3 Å². The first-order valence-corrected chi connectivity index (χ1v) is 6.66. The van der Waals surface area contributed by atoms with Crippen molar-refractivity contribution in [1.29, 1.82) is 5.26 Å². The molecule has 7 nitrogen and oxygen atoms in total. The molecule has 0 saturated heterocycles. The maximum absolute atomic E-state index is 9.14. The first-order valence-electron chi connectivity index (χ1n) is 6.66. The van der Waals surface area contributed by atoms with Gasteiger partial charge in [-0.1, -0.05) is 0 Å². The molecule has 0 aliphatic carbocycles. The second-order valence-corrected chi connectivity index (χ2v) is 4.89. The van der Waals surface area contributed by atoms with Crippen LogP contribution in [0.4, 0.5) is 0 Å². The van der Waals surface area contributed by atoms with E-state index in [1.165, 1.54) is 0 Å². The van der Waals surface area contributed by atoms with Gasteiger partial charge in [-0.2, -0.15) is 10.4 Å². The Hall–Kier alpha value is -3.40. The molecular formula is C15H11N7. The van der Waals surface area contributed by atoms with Crippen LogP contribution in [-0.2, 0) is 7.05 Å². The standard InChI is InChI=1S/C15H11N7/c1-20-5-4-13(19-20)14-8-17-10-22(14)11-2-3-15-18-7-12(6-16)21(15)9-11/h2-5,7-10H,1H3. The quantitative estimate of drug-likeness (QED) is 0.563. The van der Waals surface area contributed by atoms with Crippen LogP contribution < -0.4 is 0 Å². The molecule has 22 heavy (non-hydrogen) atoms. The van der Waals surface area contributed by atoms with Crippen molar-refractivity contribution in [3.63, 3.8) is 0 Å². The van der Waals surface area contributed by atoms with Crippen molar-refractivity contribution >= 4 is 5.65 Å². The fourth-order valence-electron chi connectivity index (χ4n) is 2.44. The topological polar surface area (TPSA) is 76.7 Å². The van der Waals surface area contributed by atoms with Gasteiger partial charge in [0.15, 0.2) is 0 Å². The lowest BCUT2D eigenvalue weighted by atomic mass is 10.3. The number of fused-ring (bicyclic) bond motifs is 1. The van der Waals surface area contributed by atoms with Gasteiger partial charge >= 0.3 is 0 Å². The van der Waals surface area contributed by atoms with Crippen LogP contribution in [0.5, 0.6) is 0 Å². The highest BCUT2D eigenvalue weighted by molar-refractivity contribution is 5.58. The van der Waals surface area contributed by atoms with E-state index in [0.717, 1.165) is 22.7 Å². The molecule has 0 spiro atoms. The monoisotopic (exact) mass is 289 g/mol. The summed E-state index contributed by atoms with van der Waals surface area (Å²) in [5.41, 5.74) is 3.85. The molecule has 0 amide bonds. The summed E-state index contributed by atoms with van der Waals surface area (Å²) in [7, 11) is 1.88. The van der Waals surface area contributed by atoms with Gasteiger partial charge in [-0.25, -0.2) is 9.97 Å². The smallest absolute Gasteiger partial charge is 0.144 e. The predicted octanol–water partition coefficient (Wildman–Crippen LogP) is 1.79. The molecule has 4 heterocycles. The number of hydrogen-bond donors (Lipinski definition) is 0. The first-order chi connectivity index (χ1) is 10.8. The lowest BCUT2D eigenvalue weighted by Crippen LogP contribution is -1.99. The number of aromatic nitrogens is 6.